The molecule has 0 spiro atoms. The summed E-state index contributed by atoms with van der Waals surface area (Å²) in [6.45, 7) is 1.28. The van der Waals surface area contributed by atoms with Gasteiger partial charge in [-0.1, -0.05) is 12.1 Å². The molecule has 0 bridgehead atoms. The quantitative estimate of drug-likeness (QED) is 0.451. The number of nitrogens with one attached hydrogen (secondary N) is 1. The Morgan fingerprint density at radius 1 is 1.28 bits per heavy atom. The molecular weight excluding hydrogens is 322 g/mol. The minimum atomic E-state index is -0.678. The average Bonchev–Trinajstić information content (AvgIpc) is 3.12. The van der Waals surface area contributed by atoms with E-state index < -0.39 is 18.4 Å². The van der Waals surface area contributed by atoms with E-state index in [-0.39, 0.29) is 16.8 Å². The zero-order valence-corrected chi connectivity index (χ0v) is 13.6. The normalized spacial score (nSPS) is 11.2. The van der Waals surface area contributed by atoms with Crippen molar-refractivity contribution in [1.82, 2.24) is 0 Å². The molecule has 0 radical (unpaired) electrons. The molecule has 1 aromatic heterocycles. The molecular formula is C18H17N3O4. The van der Waals surface area contributed by atoms with E-state index in [1.54, 1.807) is 48.7 Å². The minimum Gasteiger partial charge on any atom is -0.467 e. The zero-order valence-electron chi connectivity index (χ0n) is 13.6. The van der Waals surface area contributed by atoms with Crippen LogP contribution >= 0.6 is 0 Å². The summed E-state index contributed by atoms with van der Waals surface area (Å²) in [6, 6.07) is 12.0. The summed E-state index contributed by atoms with van der Waals surface area (Å²) in [5.41, 5.74) is 6.14. The fraction of sp³-hybridized carbons (Fsp3) is 0.167. The topological polar surface area (TPSA) is 118 Å². The van der Waals surface area contributed by atoms with E-state index >= 15 is 0 Å². The third-order valence-electron chi connectivity index (χ3n) is 3.30. The smallest absolute Gasteiger partial charge is 0.340 e. The number of ketones is 1. The van der Waals surface area contributed by atoms with Crippen LogP contribution in [0.5, 0.6) is 0 Å². The molecule has 0 aliphatic rings. The average molecular weight is 339 g/mol. The highest BCUT2D eigenvalue weighted by Gasteiger charge is 2.17. The third kappa shape index (κ3) is 4.72. The first-order valence-electron chi connectivity index (χ1n) is 7.45. The number of hydrogen-bond acceptors (Lipinski definition) is 7. The van der Waals surface area contributed by atoms with Crippen LogP contribution in [0.25, 0.3) is 0 Å². The summed E-state index contributed by atoms with van der Waals surface area (Å²) in [7, 11) is 0. The van der Waals surface area contributed by atoms with Crippen LogP contribution in [0.4, 0.5) is 5.69 Å². The number of ether oxygens (including phenoxy) is 1. The summed E-state index contributed by atoms with van der Waals surface area (Å²) in [5.74, 6) is -0.611. The number of anilines is 1. The summed E-state index contributed by atoms with van der Waals surface area (Å²) >= 11 is 0. The SMILES string of the molecule is C/C(N)=C(/C#N)C(=O)COC(=O)c1ccccc1NCc1ccco1. The molecule has 0 saturated heterocycles. The van der Waals surface area contributed by atoms with Crippen LogP contribution in [0.3, 0.4) is 0 Å². The van der Waals surface area contributed by atoms with Crippen molar-refractivity contribution in [1.29, 1.82) is 5.26 Å². The van der Waals surface area contributed by atoms with Crippen LogP contribution in [-0.2, 0) is 16.1 Å². The van der Waals surface area contributed by atoms with Crippen LogP contribution in [0.15, 0.2) is 58.3 Å². The fourth-order valence-corrected chi connectivity index (χ4v) is 2.06. The summed E-state index contributed by atoms with van der Waals surface area (Å²) in [5, 5.41) is 12.0. The van der Waals surface area contributed by atoms with Gasteiger partial charge in [0.15, 0.2) is 6.61 Å². The van der Waals surface area contributed by atoms with E-state index in [0.29, 0.717) is 18.0 Å². The standard InChI is InChI=1S/C18H17N3O4/c1-12(20)15(9-19)17(22)11-25-18(23)14-6-2-3-7-16(14)21-10-13-5-4-8-24-13/h2-8,21H,10-11,20H2,1H3/b15-12+. The van der Waals surface area contributed by atoms with Gasteiger partial charge in [-0.05, 0) is 31.2 Å². The first kappa shape index (κ1) is 17.8. The molecule has 3 N–H and O–H groups in total. The van der Waals surface area contributed by atoms with E-state index in [2.05, 4.69) is 5.32 Å². The molecule has 128 valence electrons. The molecule has 0 aliphatic carbocycles. The summed E-state index contributed by atoms with van der Waals surface area (Å²) < 4.78 is 10.2. The molecule has 7 heteroatoms. The number of carbonyl (C=O) groups excluding carboxylic acids is 2. The van der Waals surface area contributed by atoms with Crippen LogP contribution in [0, 0.1) is 11.3 Å². The second kappa shape index (κ2) is 8.36. The first-order valence-corrected chi connectivity index (χ1v) is 7.45. The van der Waals surface area contributed by atoms with Gasteiger partial charge in [0.2, 0.25) is 5.78 Å². The van der Waals surface area contributed by atoms with E-state index in [4.69, 9.17) is 20.1 Å². The predicted octanol–water partition coefficient (Wildman–Crippen LogP) is 2.37. The number of nitriles is 1. The Hall–Kier alpha value is -3.53. The number of rotatable bonds is 7. The van der Waals surface area contributed by atoms with E-state index in [1.807, 2.05) is 0 Å². The first-order chi connectivity index (χ1) is 12.0. The number of benzene rings is 1. The van der Waals surface area contributed by atoms with Crippen molar-refractivity contribution < 1.29 is 18.7 Å². The Labute approximate surface area is 144 Å². The van der Waals surface area contributed by atoms with E-state index in [0.717, 1.165) is 0 Å². The largest absolute Gasteiger partial charge is 0.467 e. The highest BCUT2D eigenvalue weighted by Crippen LogP contribution is 2.17. The van der Waals surface area contributed by atoms with Gasteiger partial charge in [0.25, 0.3) is 0 Å². The monoisotopic (exact) mass is 339 g/mol. The number of allylic oxidation sites excluding steroid dienone is 1. The number of hydrogen-bond donors (Lipinski definition) is 2. The number of furan rings is 1. The second-order valence-electron chi connectivity index (χ2n) is 5.15. The molecule has 0 unspecified atom stereocenters. The van der Waals surface area contributed by atoms with Gasteiger partial charge in [0.05, 0.1) is 18.4 Å². The van der Waals surface area contributed by atoms with Crippen molar-refractivity contribution in [2.75, 3.05) is 11.9 Å². The van der Waals surface area contributed by atoms with Gasteiger partial charge in [-0.3, -0.25) is 4.79 Å². The lowest BCUT2D eigenvalue weighted by atomic mass is 10.1. The second-order valence-corrected chi connectivity index (χ2v) is 5.15. The van der Waals surface area contributed by atoms with E-state index in [9.17, 15) is 9.59 Å². The Balaban J connectivity index is 2.03. The van der Waals surface area contributed by atoms with Crippen molar-refractivity contribution in [3.63, 3.8) is 0 Å². The molecule has 0 aliphatic heterocycles. The molecule has 0 amide bonds. The molecule has 25 heavy (non-hydrogen) atoms. The Bertz CT molecular complexity index is 828. The number of para-hydroxylation sites is 1. The maximum atomic E-state index is 12.2. The zero-order chi connectivity index (χ0) is 18.2. The van der Waals surface area contributed by atoms with Crippen LogP contribution < -0.4 is 11.1 Å². The van der Waals surface area contributed by atoms with Gasteiger partial charge in [-0.25, -0.2) is 4.79 Å². The molecule has 2 rings (SSSR count). The van der Waals surface area contributed by atoms with Crippen LogP contribution in [0.1, 0.15) is 23.0 Å². The highest BCUT2D eigenvalue weighted by atomic mass is 16.5. The van der Waals surface area contributed by atoms with E-state index in [1.165, 1.54) is 6.92 Å². The number of nitrogens with zero attached hydrogens (tertiary/aromatic N) is 1. The maximum Gasteiger partial charge on any atom is 0.340 e. The van der Waals surface area contributed by atoms with Gasteiger partial charge in [-0.15, -0.1) is 0 Å². The Morgan fingerprint density at radius 2 is 2.04 bits per heavy atom. The van der Waals surface area contributed by atoms with Crippen LogP contribution in [0.2, 0.25) is 0 Å². The number of esters is 1. The summed E-state index contributed by atoms with van der Waals surface area (Å²) in [4.78, 5) is 24.1. The van der Waals surface area contributed by atoms with Gasteiger partial charge >= 0.3 is 5.97 Å². The summed E-state index contributed by atoms with van der Waals surface area (Å²) in [6.07, 6.45) is 1.56. The third-order valence-corrected chi connectivity index (χ3v) is 3.30. The van der Waals surface area contributed by atoms with Crippen molar-refractivity contribution >= 4 is 17.4 Å². The molecule has 7 nitrogen and oxygen atoms in total. The van der Waals surface area contributed by atoms with Gasteiger partial charge in [0.1, 0.15) is 17.4 Å². The van der Waals surface area contributed by atoms with Gasteiger partial charge in [-0.2, -0.15) is 5.26 Å². The highest BCUT2D eigenvalue weighted by molar-refractivity contribution is 6.03. The van der Waals surface area contributed by atoms with Crippen molar-refractivity contribution in [2.24, 2.45) is 5.73 Å². The molecule has 0 saturated carbocycles. The maximum absolute atomic E-state index is 12.2. The minimum absolute atomic E-state index is 0.0871. The Kier molecular flexibility index (Phi) is 5.96. The van der Waals surface area contributed by atoms with Crippen molar-refractivity contribution in [3.05, 3.63) is 65.3 Å². The van der Waals surface area contributed by atoms with Gasteiger partial charge in [0, 0.05) is 11.4 Å². The molecule has 0 atom stereocenters. The van der Waals surface area contributed by atoms with Crippen molar-refractivity contribution in [2.45, 2.75) is 13.5 Å². The van der Waals surface area contributed by atoms with Crippen LogP contribution in [-0.4, -0.2) is 18.4 Å². The number of carbonyl (C=O) groups is 2. The van der Waals surface area contributed by atoms with Gasteiger partial charge < -0.3 is 20.2 Å². The Morgan fingerprint density at radius 3 is 2.68 bits per heavy atom. The molecule has 0 fully saturated rings. The predicted molar refractivity (Wildman–Crippen MR) is 90.3 cm³/mol. The fourth-order valence-electron chi connectivity index (χ4n) is 2.06. The molecule has 2 aromatic rings. The number of Topliss-reactive ketones (excluding diaryl/α,β-unsaturated/α-hetero) is 1. The van der Waals surface area contributed by atoms with Crippen molar-refractivity contribution in [3.8, 4) is 6.07 Å². The lowest BCUT2D eigenvalue weighted by Crippen LogP contribution is -2.18. The molecule has 1 aromatic carbocycles. The number of nitrogens with two attached hydrogens (primary N) is 1. The lowest BCUT2D eigenvalue weighted by molar-refractivity contribution is -0.118. The molecule has 1 heterocycles. The lowest BCUT2D eigenvalue weighted by Gasteiger charge is -2.10.